The van der Waals surface area contributed by atoms with E-state index in [1.807, 2.05) is 12.1 Å². The number of nitrogens with one attached hydrogen (secondary N) is 1. The molecule has 0 radical (unpaired) electrons. The monoisotopic (exact) mass is 461 g/mol. The third kappa shape index (κ3) is 4.02. The van der Waals surface area contributed by atoms with Gasteiger partial charge in [0, 0.05) is 32.9 Å². The first kappa shape index (κ1) is 22.4. The summed E-state index contributed by atoms with van der Waals surface area (Å²) in [4.78, 5) is 47.8. The van der Waals surface area contributed by atoms with E-state index >= 15 is 0 Å². The first-order valence-electron chi connectivity index (χ1n) is 12.1. The van der Waals surface area contributed by atoms with Crippen LogP contribution in [-0.2, 0) is 29.1 Å². The number of hydrogen-bond donors (Lipinski definition) is 1. The molecular formula is C26H31N5O3. The topological polar surface area (TPSA) is 85.8 Å². The molecule has 1 N–H and O–H groups in total. The standard InChI is InChI=1S/C26H31N5O3/c1-29-25(34)31(24(33)26(29)12-5-2-6-13-26)18-23(32)28-16-19-9-10-22(27-15-19)30-14-11-20-7-3-4-8-21(20)17-30/h3-4,7-10,15H,2,5-6,11-14,16-18H2,1H3,(H,28,32). The molecule has 0 unspecified atom stereocenters. The van der Waals surface area contributed by atoms with Crippen molar-refractivity contribution in [3.05, 3.63) is 59.3 Å². The molecule has 4 amide bonds. The zero-order valence-electron chi connectivity index (χ0n) is 19.6. The van der Waals surface area contributed by atoms with Crippen molar-refractivity contribution in [1.29, 1.82) is 0 Å². The van der Waals surface area contributed by atoms with Crippen molar-refractivity contribution in [2.45, 2.75) is 57.2 Å². The first-order valence-corrected chi connectivity index (χ1v) is 12.1. The summed E-state index contributed by atoms with van der Waals surface area (Å²) in [6.45, 7) is 1.82. The first-order chi connectivity index (χ1) is 16.5. The number of nitrogens with zero attached hydrogens (tertiary/aromatic N) is 4. The number of fused-ring (bicyclic) bond motifs is 1. The van der Waals surface area contributed by atoms with Gasteiger partial charge in [0.1, 0.15) is 17.9 Å². The van der Waals surface area contributed by atoms with Crippen molar-refractivity contribution in [2.24, 2.45) is 0 Å². The Balaban J connectivity index is 1.16. The third-order valence-electron chi connectivity index (χ3n) is 7.54. The summed E-state index contributed by atoms with van der Waals surface area (Å²) >= 11 is 0. The molecule has 1 aliphatic carbocycles. The Bertz CT molecular complexity index is 1090. The number of urea groups is 1. The maximum Gasteiger partial charge on any atom is 0.327 e. The number of imide groups is 1. The lowest BCUT2D eigenvalue weighted by atomic mass is 9.81. The van der Waals surface area contributed by atoms with E-state index in [0.717, 1.165) is 55.1 Å². The second kappa shape index (κ2) is 9.08. The summed E-state index contributed by atoms with van der Waals surface area (Å²) in [7, 11) is 1.68. The van der Waals surface area contributed by atoms with E-state index in [9.17, 15) is 14.4 Å². The van der Waals surface area contributed by atoms with Gasteiger partial charge >= 0.3 is 6.03 Å². The Morgan fingerprint density at radius 3 is 2.56 bits per heavy atom. The van der Waals surface area contributed by atoms with Crippen LogP contribution in [0.3, 0.4) is 0 Å². The highest BCUT2D eigenvalue weighted by Crippen LogP contribution is 2.39. The van der Waals surface area contributed by atoms with Crippen LogP contribution in [-0.4, -0.2) is 58.3 Å². The molecule has 1 saturated heterocycles. The van der Waals surface area contributed by atoms with E-state index in [2.05, 4.69) is 39.5 Å². The fraction of sp³-hybridized carbons (Fsp3) is 0.462. The zero-order valence-corrected chi connectivity index (χ0v) is 19.6. The van der Waals surface area contributed by atoms with Gasteiger partial charge in [-0.15, -0.1) is 0 Å². The Morgan fingerprint density at radius 2 is 1.82 bits per heavy atom. The number of benzene rings is 1. The predicted octanol–water partition coefficient (Wildman–Crippen LogP) is 2.86. The lowest BCUT2D eigenvalue weighted by molar-refractivity contribution is -0.137. The lowest BCUT2D eigenvalue weighted by Crippen LogP contribution is -2.49. The molecule has 2 aromatic rings. The molecule has 2 fully saturated rings. The van der Waals surface area contributed by atoms with Crippen LogP contribution in [0.25, 0.3) is 0 Å². The van der Waals surface area contributed by atoms with Crippen molar-refractivity contribution in [1.82, 2.24) is 20.1 Å². The van der Waals surface area contributed by atoms with Crippen molar-refractivity contribution in [3.63, 3.8) is 0 Å². The van der Waals surface area contributed by atoms with Gasteiger partial charge in [0.2, 0.25) is 5.91 Å². The summed E-state index contributed by atoms with van der Waals surface area (Å²) < 4.78 is 0. The molecule has 1 saturated carbocycles. The van der Waals surface area contributed by atoms with E-state index < -0.39 is 5.54 Å². The van der Waals surface area contributed by atoms with Crippen LogP contribution in [0, 0.1) is 0 Å². The number of likely N-dealkylation sites (N-methyl/N-ethyl adjacent to an activating group) is 1. The van der Waals surface area contributed by atoms with Crippen LogP contribution in [0.15, 0.2) is 42.6 Å². The zero-order chi connectivity index (χ0) is 23.7. The number of aromatic nitrogens is 1. The molecule has 5 rings (SSSR count). The average molecular weight is 462 g/mol. The van der Waals surface area contributed by atoms with Crippen LogP contribution in [0.5, 0.6) is 0 Å². The van der Waals surface area contributed by atoms with Gasteiger partial charge in [-0.25, -0.2) is 9.78 Å². The smallest absolute Gasteiger partial charge is 0.327 e. The molecular weight excluding hydrogens is 430 g/mol. The summed E-state index contributed by atoms with van der Waals surface area (Å²) in [5.41, 5.74) is 2.84. The minimum Gasteiger partial charge on any atom is -0.352 e. The summed E-state index contributed by atoms with van der Waals surface area (Å²) in [6, 6.07) is 12.0. The average Bonchev–Trinajstić information content (AvgIpc) is 3.04. The van der Waals surface area contributed by atoms with Crippen LogP contribution < -0.4 is 10.2 Å². The second-order valence-electron chi connectivity index (χ2n) is 9.57. The second-order valence-corrected chi connectivity index (χ2v) is 9.57. The van der Waals surface area contributed by atoms with Crippen molar-refractivity contribution >= 4 is 23.7 Å². The molecule has 1 aromatic carbocycles. The highest BCUT2D eigenvalue weighted by molar-refractivity contribution is 6.08. The molecule has 1 aromatic heterocycles. The summed E-state index contributed by atoms with van der Waals surface area (Å²) in [5.74, 6) is 0.335. The molecule has 34 heavy (non-hydrogen) atoms. The van der Waals surface area contributed by atoms with Gasteiger partial charge in [-0.3, -0.25) is 14.5 Å². The van der Waals surface area contributed by atoms with Crippen LogP contribution in [0.2, 0.25) is 0 Å². The molecule has 0 bridgehead atoms. The molecule has 3 aliphatic rings. The summed E-state index contributed by atoms with van der Waals surface area (Å²) in [5, 5.41) is 2.83. The quantitative estimate of drug-likeness (QED) is 0.692. The highest BCUT2D eigenvalue weighted by atomic mass is 16.2. The maximum atomic E-state index is 13.0. The lowest BCUT2D eigenvalue weighted by Gasteiger charge is -2.35. The number of hydrogen-bond acceptors (Lipinski definition) is 5. The molecule has 1 spiro atoms. The molecule has 178 valence electrons. The Labute approximate surface area is 199 Å². The third-order valence-corrected chi connectivity index (χ3v) is 7.54. The van der Waals surface area contributed by atoms with Crippen LogP contribution >= 0.6 is 0 Å². The van der Waals surface area contributed by atoms with Crippen LogP contribution in [0.1, 0.15) is 48.8 Å². The fourth-order valence-electron chi connectivity index (χ4n) is 5.47. The van der Waals surface area contributed by atoms with Gasteiger partial charge in [0.15, 0.2) is 0 Å². The number of pyridine rings is 1. The van der Waals surface area contributed by atoms with Gasteiger partial charge in [0.25, 0.3) is 5.91 Å². The van der Waals surface area contributed by atoms with Gasteiger partial charge in [-0.2, -0.15) is 0 Å². The van der Waals surface area contributed by atoms with E-state index in [1.54, 1.807) is 18.1 Å². The van der Waals surface area contributed by atoms with Crippen molar-refractivity contribution in [2.75, 3.05) is 25.0 Å². The predicted molar refractivity (Wildman–Crippen MR) is 128 cm³/mol. The van der Waals surface area contributed by atoms with Gasteiger partial charge < -0.3 is 15.1 Å². The summed E-state index contributed by atoms with van der Waals surface area (Å²) in [6.07, 6.45) is 7.05. The van der Waals surface area contributed by atoms with E-state index in [0.29, 0.717) is 19.4 Å². The Kier molecular flexibility index (Phi) is 5.98. The maximum absolute atomic E-state index is 13.0. The number of carbonyl (C=O) groups excluding carboxylic acids is 3. The van der Waals surface area contributed by atoms with E-state index in [-0.39, 0.29) is 24.4 Å². The largest absolute Gasteiger partial charge is 0.352 e. The highest BCUT2D eigenvalue weighted by Gasteiger charge is 2.55. The van der Waals surface area contributed by atoms with Crippen LogP contribution in [0.4, 0.5) is 10.6 Å². The molecule has 0 atom stereocenters. The minimum atomic E-state index is -0.760. The minimum absolute atomic E-state index is 0.232. The van der Waals surface area contributed by atoms with E-state index in [4.69, 9.17) is 0 Å². The Hall–Kier alpha value is -3.42. The fourth-order valence-corrected chi connectivity index (χ4v) is 5.47. The normalized spacial score (nSPS) is 19.5. The molecule has 3 heterocycles. The number of anilines is 1. The molecule has 8 nitrogen and oxygen atoms in total. The molecule has 8 heteroatoms. The van der Waals surface area contributed by atoms with E-state index in [1.165, 1.54) is 11.1 Å². The van der Waals surface area contributed by atoms with Crippen molar-refractivity contribution in [3.8, 4) is 0 Å². The van der Waals surface area contributed by atoms with Gasteiger partial charge in [-0.1, -0.05) is 49.6 Å². The number of amides is 4. The number of carbonyl (C=O) groups is 3. The van der Waals surface area contributed by atoms with Crippen molar-refractivity contribution < 1.29 is 14.4 Å². The Morgan fingerprint density at radius 1 is 1.06 bits per heavy atom. The SMILES string of the molecule is CN1C(=O)N(CC(=O)NCc2ccc(N3CCc4ccccc4C3)nc2)C(=O)C12CCCCC2. The van der Waals surface area contributed by atoms with Gasteiger partial charge in [0.05, 0.1) is 0 Å². The number of rotatable bonds is 5. The molecule has 2 aliphatic heterocycles. The van der Waals surface area contributed by atoms with Gasteiger partial charge in [-0.05, 0) is 42.0 Å².